The number of rotatable bonds is 8. The van der Waals surface area contributed by atoms with Crippen molar-refractivity contribution in [3.05, 3.63) is 71.0 Å². The van der Waals surface area contributed by atoms with Gasteiger partial charge in [0.25, 0.3) is 0 Å². The number of hydrogen-bond acceptors (Lipinski definition) is 4. The third-order valence-electron chi connectivity index (χ3n) is 5.51. The summed E-state index contributed by atoms with van der Waals surface area (Å²) in [5.74, 6) is -0.0265. The first-order chi connectivity index (χ1) is 14.8. The average molecular weight is 420 g/mol. The molecule has 0 aliphatic carbocycles. The molecule has 31 heavy (non-hydrogen) atoms. The lowest BCUT2D eigenvalue weighted by atomic mass is 10.2. The molecule has 0 aliphatic rings. The second-order valence-electron chi connectivity index (χ2n) is 8.21. The molecule has 0 atom stereocenters. The van der Waals surface area contributed by atoms with Crippen LogP contribution >= 0.6 is 0 Å². The summed E-state index contributed by atoms with van der Waals surface area (Å²) >= 11 is 0. The fourth-order valence-electron chi connectivity index (χ4n) is 3.58. The van der Waals surface area contributed by atoms with E-state index in [0.29, 0.717) is 6.54 Å². The summed E-state index contributed by atoms with van der Waals surface area (Å²) in [4.78, 5) is 17.0. The third-order valence-corrected chi connectivity index (χ3v) is 5.51. The van der Waals surface area contributed by atoms with E-state index < -0.39 is 0 Å². The van der Waals surface area contributed by atoms with Crippen LogP contribution in [0.5, 0.6) is 0 Å². The molecular formula is C25H33N5O. The van der Waals surface area contributed by atoms with E-state index in [2.05, 4.69) is 70.5 Å². The highest BCUT2D eigenvalue weighted by molar-refractivity contribution is 5.93. The maximum atomic E-state index is 12.8. The Balaban J connectivity index is 1.67. The van der Waals surface area contributed by atoms with Crippen molar-refractivity contribution in [1.82, 2.24) is 14.7 Å². The molecule has 0 radical (unpaired) electrons. The van der Waals surface area contributed by atoms with Gasteiger partial charge in [0.2, 0.25) is 5.91 Å². The second kappa shape index (κ2) is 9.79. The summed E-state index contributed by atoms with van der Waals surface area (Å²) < 4.78 is 1.88. The molecule has 0 fully saturated rings. The van der Waals surface area contributed by atoms with Gasteiger partial charge >= 0.3 is 0 Å². The highest BCUT2D eigenvalue weighted by Crippen LogP contribution is 2.23. The largest absolute Gasteiger partial charge is 0.378 e. The number of hydrogen-bond donors (Lipinski definition) is 1. The fraction of sp³-hybridized carbons (Fsp3) is 0.360. The fourth-order valence-corrected chi connectivity index (χ4v) is 3.58. The Hall–Kier alpha value is -3.12. The van der Waals surface area contributed by atoms with Crippen molar-refractivity contribution in [2.45, 2.75) is 34.2 Å². The number of carbonyl (C=O) groups excluding carboxylic acids is 1. The number of nitrogens with zero attached hydrogens (tertiary/aromatic N) is 4. The van der Waals surface area contributed by atoms with Gasteiger partial charge in [0.1, 0.15) is 0 Å². The van der Waals surface area contributed by atoms with Gasteiger partial charge in [0.05, 0.1) is 29.3 Å². The lowest BCUT2D eigenvalue weighted by Crippen LogP contribution is -2.33. The number of likely N-dealkylation sites (N-methyl/N-ethyl adjacent to an activating group) is 1. The van der Waals surface area contributed by atoms with Crippen LogP contribution in [0.4, 0.5) is 11.4 Å². The Bertz CT molecular complexity index is 1020. The van der Waals surface area contributed by atoms with E-state index in [4.69, 9.17) is 0 Å². The standard InChI is InChI=1S/C25H33N5O/c1-7-29(16-21-10-14-22(15-11-21)28(5)6)17-24(31)26-25-19(3)27-30(20(25)4)23-12-8-18(2)9-13-23/h8-15H,7,16-17H2,1-6H3,(H,26,31). The topological polar surface area (TPSA) is 53.4 Å². The van der Waals surface area contributed by atoms with Gasteiger partial charge in [-0.05, 0) is 57.1 Å². The van der Waals surface area contributed by atoms with Crippen molar-refractivity contribution >= 4 is 17.3 Å². The summed E-state index contributed by atoms with van der Waals surface area (Å²) in [6.07, 6.45) is 0. The molecule has 0 aliphatic heterocycles. The van der Waals surface area contributed by atoms with Crippen LogP contribution in [0.3, 0.4) is 0 Å². The SMILES string of the molecule is CCN(CC(=O)Nc1c(C)nn(-c2ccc(C)cc2)c1C)Cc1ccc(N(C)C)cc1. The lowest BCUT2D eigenvalue weighted by molar-refractivity contribution is -0.117. The van der Waals surface area contributed by atoms with Crippen LogP contribution in [-0.2, 0) is 11.3 Å². The molecule has 6 heteroatoms. The van der Waals surface area contributed by atoms with Gasteiger partial charge in [-0.15, -0.1) is 0 Å². The number of benzene rings is 2. The van der Waals surface area contributed by atoms with E-state index in [1.807, 2.05) is 44.8 Å². The molecule has 1 heterocycles. The summed E-state index contributed by atoms with van der Waals surface area (Å²) in [6.45, 7) is 9.92. The van der Waals surface area contributed by atoms with Crippen molar-refractivity contribution in [3.8, 4) is 5.69 Å². The van der Waals surface area contributed by atoms with Gasteiger partial charge in [0, 0.05) is 26.3 Å². The van der Waals surface area contributed by atoms with E-state index in [9.17, 15) is 4.79 Å². The Labute approximate surface area is 185 Å². The van der Waals surface area contributed by atoms with Crippen LogP contribution in [0.1, 0.15) is 29.4 Å². The first kappa shape index (κ1) is 22.6. The zero-order valence-electron chi connectivity index (χ0n) is 19.4. The van der Waals surface area contributed by atoms with Crippen molar-refractivity contribution in [1.29, 1.82) is 0 Å². The molecule has 0 bridgehead atoms. The number of aryl methyl sites for hydroxylation is 2. The molecular weight excluding hydrogens is 386 g/mol. The van der Waals surface area contributed by atoms with Crippen LogP contribution in [0.25, 0.3) is 5.69 Å². The smallest absolute Gasteiger partial charge is 0.238 e. The molecule has 164 valence electrons. The number of amides is 1. The molecule has 1 amide bonds. The van der Waals surface area contributed by atoms with Gasteiger partial charge in [-0.3, -0.25) is 9.69 Å². The Morgan fingerprint density at radius 2 is 1.65 bits per heavy atom. The minimum absolute atomic E-state index is 0.0265. The molecule has 0 saturated carbocycles. The molecule has 3 aromatic rings. The molecule has 1 aromatic heterocycles. The van der Waals surface area contributed by atoms with Gasteiger partial charge in [-0.1, -0.05) is 36.8 Å². The highest BCUT2D eigenvalue weighted by Gasteiger charge is 2.17. The van der Waals surface area contributed by atoms with E-state index in [0.717, 1.165) is 35.9 Å². The lowest BCUT2D eigenvalue weighted by Gasteiger charge is -2.21. The molecule has 0 spiro atoms. The predicted octanol–water partition coefficient (Wildman–Crippen LogP) is 4.32. The van der Waals surface area contributed by atoms with Crippen LogP contribution in [-0.4, -0.2) is 47.8 Å². The van der Waals surface area contributed by atoms with E-state index in [1.165, 1.54) is 16.8 Å². The molecule has 0 saturated heterocycles. The molecule has 0 unspecified atom stereocenters. The van der Waals surface area contributed by atoms with Crippen molar-refractivity contribution in [2.24, 2.45) is 0 Å². The molecule has 3 rings (SSSR count). The molecule has 6 nitrogen and oxygen atoms in total. The van der Waals surface area contributed by atoms with Crippen LogP contribution in [0, 0.1) is 20.8 Å². The van der Waals surface area contributed by atoms with Crippen LogP contribution in [0.15, 0.2) is 48.5 Å². The quantitative estimate of drug-likeness (QED) is 0.591. The normalized spacial score (nSPS) is 11.1. The Morgan fingerprint density at radius 3 is 2.23 bits per heavy atom. The zero-order valence-corrected chi connectivity index (χ0v) is 19.4. The maximum Gasteiger partial charge on any atom is 0.238 e. The second-order valence-corrected chi connectivity index (χ2v) is 8.21. The Morgan fingerprint density at radius 1 is 1.00 bits per heavy atom. The first-order valence-corrected chi connectivity index (χ1v) is 10.7. The number of anilines is 2. The van der Waals surface area contributed by atoms with E-state index in [-0.39, 0.29) is 5.91 Å². The van der Waals surface area contributed by atoms with Crippen molar-refractivity contribution in [3.63, 3.8) is 0 Å². The number of aromatic nitrogens is 2. The molecule has 2 aromatic carbocycles. The predicted molar refractivity (Wildman–Crippen MR) is 128 cm³/mol. The van der Waals surface area contributed by atoms with Crippen LogP contribution < -0.4 is 10.2 Å². The summed E-state index contributed by atoms with van der Waals surface area (Å²) in [5.41, 5.74) is 7.08. The molecule has 1 N–H and O–H groups in total. The van der Waals surface area contributed by atoms with Gasteiger partial charge in [-0.2, -0.15) is 5.10 Å². The highest BCUT2D eigenvalue weighted by atomic mass is 16.2. The van der Waals surface area contributed by atoms with E-state index in [1.54, 1.807) is 0 Å². The summed E-state index contributed by atoms with van der Waals surface area (Å²) in [5, 5.41) is 7.72. The van der Waals surface area contributed by atoms with E-state index >= 15 is 0 Å². The first-order valence-electron chi connectivity index (χ1n) is 10.7. The third kappa shape index (κ3) is 5.52. The Kier molecular flexibility index (Phi) is 7.13. The average Bonchev–Trinajstić information content (AvgIpc) is 3.02. The number of carbonyl (C=O) groups is 1. The van der Waals surface area contributed by atoms with Gasteiger partial charge in [-0.25, -0.2) is 4.68 Å². The van der Waals surface area contributed by atoms with Crippen molar-refractivity contribution in [2.75, 3.05) is 37.4 Å². The summed E-state index contributed by atoms with van der Waals surface area (Å²) in [6, 6.07) is 16.7. The van der Waals surface area contributed by atoms with Crippen LogP contribution in [0.2, 0.25) is 0 Å². The van der Waals surface area contributed by atoms with Gasteiger partial charge < -0.3 is 10.2 Å². The zero-order chi connectivity index (χ0) is 22.5. The van der Waals surface area contributed by atoms with Gasteiger partial charge in [0.15, 0.2) is 0 Å². The minimum Gasteiger partial charge on any atom is -0.378 e. The monoisotopic (exact) mass is 419 g/mol. The maximum absolute atomic E-state index is 12.8. The summed E-state index contributed by atoms with van der Waals surface area (Å²) in [7, 11) is 4.06. The number of nitrogens with one attached hydrogen (secondary N) is 1. The van der Waals surface area contributed by atoms with Crippen molar-refractivity contribution < 1.29 is 4.79 Å². The minimum atomic E-state index is -0.0265.